The molecular weight excluding hydrogens is 236 g/mol. The molecule has 1 unspecified atom stereocenters. The summed E-state index contributed by atoms with van der Waals surface area (Å²) in [7, 11) is 0. The maximum atomic E-state index is 11.8. The molecule has 1 heterocycles. The summed E-state index contributed by atoms with van der Waals surface area (Å²) in [6.45, 7) is 0. The van der Waals surface area contributed by atoms with Crippen molar-refractivity contribution in [3.8, 4) is 0 Å². The molecule has 1 aromatic rings. The van der Waals surface area contributed by atoms with Crippen molar-refractivity contribution in [2.45, 2.75) is 18.4 Å². The smallest absolute Gasteiger partial charge is 0.335 e. The Morgan fingerprint density at radius 3 is 2.56 bits per heavy atom. The minimum atomic E-state index is -1.00. The molecule has 0 aromatic heterocycles. The van der Waals surface area contributed by atoms with Crippen molar-refractivity contribution in [1.29, 1.82) is 0 Å². The lowest BCUT2D eigenvalue weighted by Crippen LogP contribution is -2.47. The molecular formula is C12H10N2O4. The summed E-state index contributed by atoms with van der Waals surface area (Å²) in [4.78, 5) is 33.9. The highest BCUT2D eigenvalue weighted by molar-refractivity contribution is 6.07. The van der Waals surface area contributed by atoms with Crippen LogP contribution in [-0.4, -0.2) is 28.6 Å². The standard InChI is InChI=1S/C12H10N2O4/c15-9(16)6-1-2-7-4-12(5-8(7)3-6)10(17)13-11(18)14-12/h1-3H,4-5H2,(H,15,16)(H2,13,14,17,18). The average Bonchev–Trinajstić information content (AvgIpc) is 2.78. The third-order valence-corrected chi connectivity index (χ3v) is 3.45. The Labute approximate surface area is 102 Å². The second-order valence-electron chi connectivity index (χ2n) is 4.63. The van der Waals surface area contributed by atoms with E-state index in [1.807, 2.05) is 0 Å². The first-order chi connectivity index (χ1) is 8.50. The number of hydrogen-bond donors (Lipinski definition) is 3. The van der Waals surface area contributed by atoms with Crippen molar-refractivity contribution < 1.29 is 19.5 Å². The molecule has 2 aliphatic rings. The molecule has 0 saturated carbocycles. The Morgan fingerprint density at radius 1 is 1.22 bits per heavy atom. The molecule has 3 rings (SSSR count). The topological polar surface area (TPSA) is 95.5 Å². The van der Waals surface area contributed by atoms with E-state index < -0.39 is 17.5 Å². The lowest BCUT2D eigenvalue weighted by molar-refractivity contribution is -0.123. The van der Waals surface area contributed by atoms with Crippen LogP contribution in [0.3, 0.4) is 0 Å². The fourth-order valence-electron chi connectivity index (χ4n) is 2.59. The van der Waals surface area contributed by atoms with E-state index in [-0.39, 0.29) is 11.5 Å². The zero-order chi connectivity index (χ0) is 12.9. The number of rotatable bonds is 1. The van der Waals surface area contributed by atoms with Crippen LogP contribution in [0.2, 0.25) is 0 Å². The van der Waals surface area contributed by atoms with Crippen molar-refractivity contribution in [1.82, 2.24) is 10.6 Å². The van der Waals surface area contributed by atoms with Gasteiger partial charge in [-0.15, -0.1) is 0 Å². The van der Waals surface area contributed by atoms with E-state index in [2.05, 4.69) is 10.6 Å². The predicted octanol–water partition coefficient (Wildman–Crippen LogP) is 0.0616. The normalized spacial score (nSPS) is 24.9. The molecule has 1 aliphatic heterocycles. The molecule has 1 spiro atoms. The number of amides is 3. The summed E-state index contributed by atoms with van der Waals surface area (Å²) in [5.41, 5.74) is 0.955. The Hall–Kier alpha value is -2.37. The van der Waals surface area contributed by atoms with Crippen molar-refractivity contribution in [3.63, 3.8) is 0 Å². The van der Waals surface area contributed by atoms with Gasteiger partial charge < -0.3 is 10.4 Å². The third kappa shape index (κ3) is 1.38. The first kappa shape index (κ1) is 10.8. The quantitative estimate of drug-likeness (QED) is 0.610. The van der Waals surface area contributed by atoms with Crippen LogP contribution in [0.5, 0.6) is 0 Å². The van der Waals surface area contributed by atoms with E-state index in [9.17, 15) is 14.4 Å². The van der Waals surface area contributed by atoms with E-state index in [0.29, 0.717) is 12.8 Å². The van der Waals surface area contributed by atoms with Gasteiger partial charge in [0.2, 0.25) is 0 Å². The van der Waals surface area contributed by atoms with Crippen molar-refractivity contribution in [3.05, 3.63) is 34.9 Å². The van der Waals surface area contributed by atoms with Gasteiger partial charge in [-0.2, -0.15) is 0 Å². The molecule has 1 aliphatic carbocycles. The van der Waals surface area contributed by atoms with Gasteiger partial charge in [-0.1, -0.05) is 6.07 Å². The zero-order valence-electron chi connectivity index (χ0n) is 9.32. The van der Waals surface area contributed by atoms with Crippen LogP contribution in [0.25, 0.3) is 0 Å². The number of carboxylic acids is 1. The van der Waals surface area contributed by atoms with E-state index in [4.69, 9.17) is 5.11 Å². The van der Waals surface area contributed by atoms with Gasteiger partial charge in [0.15, 0.2) is 0 Å². The maximum Gasteiger partial charge on any atom is 0.335 e. The number of benzene rings is 1. The second kappa shape index (κ2) is 3.32. The molecule has 1 fully saturated rings. The first-order valence-corrected chi connectivity index (χ1v) is 5.49. The summed E-state index contributed by atoms with van der Waals surface area (Å²) < 4.78 is 0. The van der Waals surface area contributed by atoms with Gasteiger partial charge in [-0.3, -0.25) is 10.1 Å². The van der Waals surface area contributed by atoms with Gasteiger partial charge >= 0.3 is 12.0 Å². The van der Waals surface area contributed by atoms with Crippen molar-refractivity contribution >= 4 is 17.9 Å². The van der Waals surface area contributed by atoms with Gasteiger partial charge in [0, 0.05) is 12.8 Å². The van der Waals surface area contributed by atoms with Crippen LogP contribution < -0.4 is 10.6 Å². The number of carbonyl (C=O) groups excluding carboxylic acids is 2. The molecule has 6 nitrogen and oxygen atoms in total. The fraction of sp³-hybridized carbons (Fsp3) is 0.250. The summed E-state index contributed by atoms with van der Waals surface area (Å²) in [6, 6.07) is 4.27. The molecule has 6 heteroatoms. The van der Waals surface area contributed by atoms with Crippen LogP contribution in [0.15, 0.2) is 18.2 Å². The fourth-order valence-corrected chi connectivity index (χ4v) is 2.59. The van der Waals surface area contributed by atoms with Crippen LogP contribution in [0.4, 0.5) is 4.79 Å². The van der Waals surface area contributed by atoms with Crippen LogP contribution in [-0.2, 0) is 17.6 Å². The summed E-state index contributed by atoms with van der Waals surface area (Å²) >= 11 is 0. The highest BCUT2D eigenvalue weighted by Crippen LogP contribution is 2.32. The monoisotopic (exact) mass is 246 g/mol. The van der Waals surface area contributed by atoms with E-state index in [1.54, 1.807) is 12.1 Å². The zero-order valence-corrected chi connectivity index (χ0v) is 9.32. The van der Waals surface area contributed by atoms with Gasteiger partial charge in [0.25, 0.3) is 5.91 Å². The van der Waals surface area contributed by atoms with E-state index >= 15 is 0 Å². The molecule has 3 amide bonds. The highest BCUT2D eigenvalue weighted by atomic mass is 16.4. The molecule has 18 heavy (non-hydrogen) atoms. The molecule has 1 atom stereocenters. The number of nitrogens with one attached hydrogen (secondary N) is 2. The molecule has 0 bridgehead atoms. The highest BCUT2D eigenvalue weighted by Gasteiger charge is 2.49. The summed E-state index contributed by atoms with van der Waals surface area (Å²) in [5.74, 6) is -1.35. The number of urea groups is 1. The first-order valence-electron chi connectivity index (χ1n) is 5.49. The Balaban J connectivity index is 1.98. The minimum absolute atomic E-state index is 0.190. The van der Waals surface area contributed by atoms with E-state index in [1.165, 1.54) is 6.07 Å². The second-order valence-corrected chi connectivity index (χ2v) is 4.63. The number of carboxylic acid groups (broad SMARTS) is 1. The summed E-state index contributed by atoms with van der Waals surface area (Å²) in [5, 5.41) is 13.8. The SMILES string of the molecule is O=C1NC(=O)C2(Cc3ccc(C(=O)O)cc3C2)N1. The maximum absolute atomic E-state index is 11.8. The number of fused-ring (bicyclic) bond motifs is 1. The number of aromatic carboxylic acids is 1. The van der Waals surface area contributed by atoms with Crippen molar-refractivity contribution in [2.24, 2.45) is 0 Å². The van der Waals surface area contributed by atoms with Crippen LogP contribution in [0.1, 0.15) is 21.5 Å². The van der Waals surface area contributed by atoms with Gasteiger partial charge in [-0.25, -0.2) is 9.59 Å². The predicted molar refractivity (Wildman–Crippen MR) is 60.2 cm³/mol. The van der Waals surface area contributed by atoms with Gasteiger partial charge in [0.05, 0.1) is 5.56 Å². The number of carbonyl (C=O) groups is 3. The summed E-state index contributed by atoms with van der Waals surface area (Å²) in [6.07, 6.45) is 0.737. The molecule has 0 radical (unpaired) electrons. The number of imide groups is 1. The van der Waals surface area contributed by atoms with Gasteiger partial charge in [-0.05, 0) is 23.3 Å². The average molecular weight is 246 g/mol. The Morgan fingerprint density at radius 2 is 1.94 bits per heavy atom. The molecule has 1 saturated heterocycles. The minimum Gasteiger partial charge on any atom is -0.478 e. The van der Waals surface area contributed by atoms with Gasteiger partial charge in [0.1, 0.15) is 5.54 Å². The van der Waals surface area contributed by atoms with Crippen molar-refractivity contribution in [2.75, 3.05) is 0 Å². The third-order valence-electron chi connectivity index (χ3n) is 3.45. The number of hydrogen-bond acceptors (Lipinski definition) is 3. The lowest BCUT2D eigenvalue weighted by atomic mass is 9.96. The van der Waals surface area contributed by atoms with Crippen LogP contribution >= 0.6 is 0 Å². The largest absolute Gasteiger partial charge is 0.478 e. The molecule has 92 valence electrons. The molecule has 1 aromatic carbocycles. The van der Waals surface area contributed by atoms with Crippen LogP contribution in [0, 0.1) is 0 Å². The van der Waals surface area contributed by atoms with E-state index in [0.717, 1.165) is 11.1 Å². The lowest BCUT2D eigenvalue weighted by Gasteiger charge is -2.18. The Kier molecular flexibility index (Phi) is 1.98. The molecule has 3 N–H and O–H groups in total. The Bertz CT molecular complexity index is 596.